The second-order valence-corrected chi connectivity index (χ2v) is 4.54. The standard InChI is InChI=1S/C11H16N4O3/c1-7-10(11(17)18)13-14-15(7)6-9(16)12-8-4-2-3-5-8/h8H,2-6H2,1H3,(H,12,16)(H,17,18). The monoisotopic (exact) mass is 252 g/mol. The summed E-state index contributed by atoms with van der Waals surface area (Å²) in [6, 6.07) is 0.250. The van der Waals surface area contributed by atoms with Crippen LogP contribution in [0.2, 0.25) is 0 Å². The smallest absolute Gasteiger partial charge is 0.358 e. The lowest BCUT2D eigenvalue weighted by atomic mass is 10.2. The molecule has 0 spiro atoms. The van der Waals surface area contributed by atoms with Crippen molar-refractivity contribution in [3.05, 3.63) is 11.4 Å². The largest absolute Gasteiger partial charge is 0.476 e. The fourth-order valence-electron chi connectivity index (χ4n) is 2.19. The lowest BCUT2D eigenvalue weighted by Crippen LogP contribution is -2.35. The van der Waals surface area contributed by atoms with Gasteiger partial charge >= 0.3 is 5.97 Å². The van der Waals surface area contributed by atoms with Crippen molar-refractivity contribution >= 4 is 11.9 Å². The minimum absolute atomic E-state index is 0.0165. The van der Waals surface area contributed by atoms with E-state index in [0.29, 0.717) is 5.69 Å². The van der Waals surface area contributed by atoms with Crippen molar-refractivity contribution in [2.75, 3.05) is 0 Å². The minimum atomic E-state index is -1.13. The van der Waals surface area contributed by atoms with E-state index in [-0.39, 0.29) is 24.2 Å². The molecular formula is C11H16N4O3. The summed E-state index contributed by atoms with van der Waals surface area (Å²) in [7, 11) is 0. The van der Waals surface area contributed by atoms with Crippen LogP contribution in [-0.4, -0.2) is 38.0 Å². The molecule has 7 nitrogen and oxygen atoms in total. The predicted octanol–water partition coefficient (Wildman–Crippen LogP) is 0.344. The van der Waals surface area contributed by atoms with Gasteiger partial charge < -0.3 is 10.4 Å². The van der Waals surface area contributed by atoms with Gasteiger partial charge in [-0.3, -0.25) is 4.79 Å². The number of carbonyl (C=O) groups excluding carboxylic acids is 1. The van der Waals surface area contributed by atoms with Gasteiger partial charge in [-0.05, 0) is 19.8 Å². The molecule has 0 radical (unpaired) electrons. The average molecular weight is 252 g/mol. The molecule has 1 aromatic heterocycles. The SMILES string of the molecule is Cc1c(C(=O)O)nnn1CC(=O)NC1CCCC1. The Hall–Kier alpha value is -1.92. The molecule has 1 saturated carbocycles. The van der Waals surface area contributed by atoms with E-state index < -0.39 is 5.97 Å². The molecule has 18 heavy (non-hydrogen) atoms. The first-order chi connectivity index (χ1) is 8.58. The van der Waals surface area contributed by atoms with Gasteiger partial charge in [0, 0.05) is 6.04 Å². The van der Waals surface area contributed by atoms with Crippen LogP contribution in [0.3, 0.4) is 0 Å². The molecule has 0 bridgehead atoms. The molecule has 0 aliphatic heterocycles. The number of nitrogens with one attached hydrogen (secondary N) is 1. The van der Waals surface area contributed by atoms with Gasteiger partial charge in [0.15, 0.2) is 5.69 Å². The van der Waals surface area contributed by atoms with Crippen molar-refractivity contribution in [3.63, 3.8) is 0 Å². The molecule has 98 valence electrons. The van der Waals surface area contributed by atoms with E-state index in [1.54, 1.807) is 6.92 Å². The van der Waals surface area contributed by atoms with Crippen LogP contribution >= 0.6 is 0 Å². The van der Waals surface area contributed by atoms with E-state index >= 15 is 0 Å². The third-order valence-electron chi connectivity index (χ3n) is 3.20. The summed E-state index contributed by atoms with van der Waals surface area (Å²) >= 11 is 0. The number of amides is 1. The highest BCUT2D eigenvalue weighted by Gasteiger charge is 2.20. The van der Waals surface area contributed by atoms with E-state index in [0.717, 1.165) is 25.7 Å². The fourth-order valence-corrected chi connectivity index (χ4v) is 2.19. The molecule has 1 heterocycles. The van der Waals surface area contributed by atoms with Crippen LogP contribution in [0.4, 0.5) is 0 Å². The summed E-state index contributed by atoms with van der Waals surface area (Å²) in [5.74, 6) is -1.28. The van der Waals surface area contributed by atoms with Crippen LogP contribution in [0.15, 0.2) is 0 Å². The van der Waals surface area contributed by atoms with Crippen LogP contribution < -0.4 is 5.32 Å². The second-order valence-electron chi connectivity index (χ2n) is 4.54. The Morgan fingerprint density at radius 2 is 2.11 bits per heavy atom. The van der Waals surface area contributed by atoms with Gasteiger partial charge in [-0.1, -0.05) is 18.1 Å². The van der Waals surface area contributed by atoms with Gasteiger partial charge in [0.05, 0.1) is 5.69 Å². The molecule has 1 aromatic rings. The maximum atomic E-state index is 11.8. The van der Waals surface area contributed by atoms with Crippen molar-refractivity contribution in [2.45, 2.75) is 45.2 Å². The van der Waals surface area contributed by atoms with Crippen LogP contribution in [0.1, 0.15) is 41.9 Å². The molecule has 0 saturated heterocycles. The number of rotatable bonds is 4. The molecular weight excluding hydrogens is 236 g/mol. The van der Waals surface area contributed by atoms with Gasteiger partial charge in [-0.15, -0.1) is 5.10 Å². The molecule has 2 rings (SSSR count). The molecule has 1 aliphatic carbocycles. The highest BCUT2D eigenvalue weighted by molar-refractivity contribution is 5.86. The Balaban J connectivity index is 1.96. The second kappa shape index (κ2) is 5.16. The molecule has 0 aromatic carbocycles. The van der Waals surface area contributed by atoms with E-state index in [1.807, 2.05) is 0 Å². The lowest BCUT2D eigenvalue weighted by molar-refractivity contribution is -0.122. The van der Waals surface area contributed by atoms with Crippen molar-refractivity contribution in [1.29, 1.82) is 0 Å². The highest BCUT2D eigenvalue weighted by Crippen LogP contribution is 2.17. The van der Waals surface area contributed by atoms with Crippen molar-refractivity contribution in [3.8, 4) is 0 Å². The zero-order chi connectivity index (χ0) is 13.1. The van der Waals surface area contributed by atoms with Gasteiger partial charge in [0.1, 0.15) is 6.54 Å². The normalized spacial score (nSPS) is 15.8. The average Bonchev–Trinajstić information content (AvgIpc) is 2.90. The van der Waals surface area contributed by atoms with Crippen LogP contribution in [0, 0.1) is 6.92 Å². The molecule has 2 N–H and O–H groups in total. The van der Waals surface area contributed by atoms with E-state index in [1.165, 1.54) is 4.68 Å². The first kappa shape index (κ1) is 12.5. The Bertz CT molecular complexity index is 463. The minimum Gasteiger partial charge on any atom is -0.476 e. The molecule has 7 heteroatoms. The fraction of sp³-hybridized carbons (Fsp3) is 0.636. The predicted molar refractivity (Wildman–Crippen MR) is 62.1 cm³/mol. The number of hydrogen-bond donors (Lipinski definition) is 2. The number of carboxylic acid groups (broad SMARTS) is 1. The maximum Gasteiger partial charge on any atom is 0.358 e. The topological polar surface area (TPSA) is 97.1 Å². The highest BCUT2D eigenvalue weighted by atomic mass is 16.4. The van der Waals surface area contributed by atoms with Gasteiger partial charge in [0.2, 0.25) is 5.91 Å². The van der Waals surface area contributed by atoms with Crippen molar-refractivity contribution in [1.82, 2.24) is 20.3 Å². The summed E-state index contributed by atoms with van der Waals surface area (Å²) in [6.45, 7) is 1.61. The first-order valence-electron chi connectivity index (χ1n) is 6.00. The summed E-state index contributed by atoms with van der Waals surface area (Å²) in [6.07, 6.45) is 4.33. The Morgan fingerprint density at radius 1 is 1.44 bits per heavy atom. The Morgan fingerprint density at radius 3 is 2.67 bits per heavy atom. The molecule has 0 unspecified atom stereocenters. The number of hydrogen-bond acceptors (Lipinski definition) is 4. The lowest BCUT2D eigenvalue weighted by Gasteiger charge is -2.11. The summed E-state index contributed by atoms with van der Waals surface area (Å²) in [4.78, 5) is 22.5. The Kier molecular flexibility index (Phi) is 3.59. The van der Waals surface area contributed by atoms with E-state index in [4.69, 9.17) is 5.11 Å². The maximum absolute atomic E-state index is 11.8. The third kappa shape index (κ3) is 2.66. The van der Waals surface area contributed by atoms with Crippen molar-refractivity contribution < 1.29 is 14.7 Å². The first-order valence-corrected chi connectivity index (χ1v) is 6.00. The third-order valence-corrected chi connectivity index (χ3v) is 3.20. The quantitative estimate of drug-likeness (QED) is 0.805. The summed E-state index contributed by atoms with van der Waals surface area (Å²) in [5, 5.41) is 19.0. The van der Waals surface area contributed by atoms with Crippen molar-refractivity contribution in [2.24, 2.45) is 0 Å². The van der Waals surface area contributed by atoms with Gasteiger partial charge in [0.25, 0.3) is 0 Å². The van der Waals surface area contributed by atoms with Crippen LogP contribution in [0.25, 0.3) is 0 Å². The Labute approximate surface area is 104 Å². The van der Waals surface area contributed by atoms with E-state index in [2.05, 4.69) is 15.6 Å². The zero-order valence-corrected chi connectivity index (χ0v) is 10.2. The number of nitrogens with zero attached hydrogens (tertiary/aromatic N) is 3. The summed E-state index contributed by atoms with van der Waals surface area (Å²) in [5.41, 5.74) is 0.285. The summed E-state index contributed by atoms with van der Waals surface area (Å²) < 4.78 is 1.31. The molecule has 0 atom stereocenters. The zero-order valence-electron chi connectivity index (χ0n) is 10.2. The molecule has 1 amide bonds. The van der Waals surface area contributed by atoms with Gasteiger partial charge in [-0.2, -0.15) is 0 Å². The van der Waals surface area contributed by atoms with Crippen LogP contribution in [-0.2, 0) is 11.3 Å². The number of carbonyl (C=O) groups is 2. The van der Waals surface area contributed by atoms with E-state index in [9.17, 15) is 9.59 Å². The number of carboxylic acids is 1. The van der Waals surface area contributed by atoms with Crippen LogP contribution in [0.5, 0.6) is 0 Å². The number of aromatic carboxylic acids is 1. The number of aromatic nitrogens is 3. The molecule has 1 aliphatic rings. The molecule has 1 fully saturated rings. The van der Waals surface area contributed by atoms with Gasteiger partial charge in [-0.25, -0.2) is 9.48 Å².